The number of carbonyl (C=O) groups is 1. The molecule has 1 heterocycles. The van der Waals surface area contributed by atoms with E-state index in [0.717, 1.165) is 5.56 Å². The zero-order valence-electron chi connectivity index (χ0n) is 16.2. The molecule has 1 N–H and O–H groups in total. The second-order valence-corrected chi connectivity index (χ2v) is 9.04. The van der Waals surface area contributed by atoms with Crippen molar-refractivity contribution in [2.45, 2.75) is 25.6 Å². The Hall–Kier alpha value is -2.22. The van der Waals surface area contributed by atoms with Crippen LogP contribution in [0.3, 0.4) is 0 Å². The second-order valence-electron chi connectivity index (χ2n) is 7.07. The number of carbonyl (C=O) groups excluding carboxylic acids is 1. The molecule has 1 aliphatic rings. The SMILES string of the molecule is Cc1ccc(C(C)NC(=O)c2ccc(CS(=O)(=O)N3CCOCC3)cc2)cc1. The quantitative estimate of drug-likeness (QED) is 0.806. The van der Waals surface area contributed by atoms with Crippen LogP contribution in [0.4, 0.5) is 0 Å². The van der Waals surface area contributed by atoms with Crippen LogP contribution in [0.15, 0.2) is 48.5 Å². The van der Waals surface area contributed by atoms with Crippen LogP contribution in [-0.4, -0.2) is 44.9 Å². The lowest BCUT2D eigenvalue weighted by Gasteiger charge is -2.26. The van der Waals surface area contributed by atoms with E-state index in [1.807, 2.05) is 38.1 Å². The third-order valence-electron chi connectivity index (χ3n) is 4.85. The van der Waals surface area contributed by atoms with Crippen LogP contribution in [-0.2, 0) is 20.5 Å². The summed E-state index contributed by atoms with van der Waals surface area (Å²) < 4.78 is 31.6. The molecule has 1 unspecified atom stereocenters. The molecule has 1 aliphatic heterocycles. The highest BCUT2D eigenvalue weighted by Crippen LogP contribution is 2.16. The van der Waals surface area contributed by atoms with Crippen molar-refractivity contribution < 1.29 is 17.9 Å². The number of nitrogens with zero attached hydrogens (tertiary/aromatic N) is 1. The molecule has 7 heteroatoms. The fourth-order valence-corrected chi connectivity index (χ4v) is 4.60. The average molecular weight is 403 g/mol. The van der Waals surface area contributed by atoms with Crippen LogP contribution < -0.4 is 5.32 Å². The fourth-order valence-electron chi connectivity index (χ4n) is 3.10. The molecule has 0 aliphatic carbocycles. The molecule has 3 rings (SSSR count). The molecule has 0 bridgehead atoms. The summed E-state index contributed by atoms with van der Waals surface area (Å²) in [5, 5.41) is 2.97. The topological polar surface area (TPSA) is 75.7 Å². The van der Waals surface area contributed by atoms with E-state index >= 15 is 0 Å². The van der Waals surface area contributed by atoms with Gasteiger partial charge in [-0.2, -0.15) is 4.31 Å². The number of sulfonamides is 1. The smallest absolute Gasteiger partial charge is 0.251 e. The van der Waals surface area contributed by atoms with Gasteiger partial charge < -0.3 is 10.1 Å². The first kappa shape index (κ1) is 20.5. The number of rotatable bonds is 6. The van der Waals surface area contributed by atoms with Gasteiger partial charge in [-0.1, -0.05) is 42.0 Å². The summed E-state index contributed by atoms with van der Waals surface area (Å²) in [6, 6.07) is 14.6. The van der Waals surface area contributed by atoms with Crippen molar-refractivity contribution >= 4 is 15.9 Å². The van der Waals surface area contributed by atoms with Crippen LogP contribution >= 0.6 is 0 Å². The van der Waals surface area contributed by atoms with Gasteiger partial charge in [0.1, 0.15) is 0 Å². The molecule has 150 valence electrons. The average Bonchev–Trinajstić information content (AvgIpc) is 2.69. The molecule has 1 amide bonds. The van der Waals surface area contributed by atoms with E-state index in [9.17, 15) is 13.2 Å². The summed E-state index contributed by atoms with van der Waals surface area (Å²) in [5.74, 6) is -0.259. The number of benzene rings is 2. The molecule has 2 aromatic rings. The van der Waals surface area contributed by atoms with E-state index in [2.05, 4.69) is 5.32 Å². The van der Waals surface area contributed by atoms with Gasteiger partial charge in [-0.3, -0.25) is 4.79 Å². The minimum Gasteiger partial charge on any atom is -0.379 e. The fraction of sp³-hybridized carbons (Fsp3) is 0.381. The lowest BCUT2D eigenvalue weighted by atomic mass is 10.1. The molecule has 1 saturated heterocycles. The van der Waals surface area contributed by atoms with Gasteiger partial charge >= 0.3 is 0 Å². The Kier molecular flexibility index (Phi) is 6.49. The minimum atomic E-state index is -3.38. The first-order chi connectivity index (χ1) is 13.3. The third-order valence-corrected chi connectivity index (χ3v) is 6.70. The highest BCUT2D eigenvalue weighted by molar-refractivity contribution is 7.88. The maximum Gasteiger partial charge on any atom is 0.251 e. The van der Waals surface area contributed by atoms with Crippen LogP contribution in [0.25, 0.3) is 0 Å². The van der Waals surface area contributed by atoms with E-state index in [-0.39, 0.29) is 17.7 Å². The molecule has 2 aromatic carbocycles. The summed E-state index contributed by atoms with van der Waals surface area (Å²) in [7, 11) is -3.38. The van der Waals surface area contributed by atoms with E-state index in [4.69, 9.17) is 4.74 Å². The molecule has 0 saturated carbocycles. The predicted molar refractivity (Wildman–Crippen MR) is 109 cm³/mol. The number of hydrogen-bond acceptors (Lipinski definition) is 4. The number of hydrogen-bond donors (Lipinski definition) is 1. The summed E-state index contributed by atoms with van der Waals surface area (Å²) in [4.78, 5) is 12.5. The lowest BCUT2D eigenvalue weighted by molar-refractivity contribution is 0.0729. The maximum atomic E-state index is 12.5. The standard InChI is InChI=1S/C21H26N2O4S/c1-16-3-7-19(8-4-16)17(2)22-21(24)20-9-5-18(6-10-20)15-28(25,26)23-11-13-27-14-12-23/h3-10,17H,11-15H2,1-2H3,(H,22,24). The molecule has 28 heavy (non-hydrogen) atoms. The Labute approximate surface area is 166 Å². The molecule has 0 spiro atoms. The van der Waals surface area contributed by atoms with Crippen LogP contribution in [0, 0.1) is 6.92 Å². The number of amides is 1. The van der Waals surface area contributed by atoms with Crippen molar-refractivity contribution in [2.24, 2.45) is 0 Å². The van der Waals surface area contributed by atoms with E-state index in [0.29, 0.717) is 37.4 Å². The van der Waals surface area contributed by atoms with Gasteiger partial charge in [-0.05, 0) is 37.1 Å². The molecule has 1 atom stereocenters. The monoisotopic (exact) mass is 402 g/mol. The van der Waals surface area contributed by atoms with Crippen LogP contribution in [0.1, 0.15) is 40.0 Å². The summed E-state index contributed by atoms with van der Waals surface area (Å²) in [6.45, 7) is 5.59. The molecule has 0 radical (unpaired) electrons. The van der Waals surface area contributed by atoms with Crippen molar-refractivity contribution in [1.29, 1.82) is 0 Å². The van der Waals surface area contributed by atoms with E-state index in [1.54, 1.807) is 24.3 Å². The second kappa shape index (κ2) is 8.86. The van der Waals surface area contributed by atoms with Gasteiger partial charge in [0.2, 0.25) is 10.0 Å². The molecule has 1 fully saturated rings. The Morgan fingerprint density at radius 1 is 1.07 bits per heavy atom. The van der Waals surface area contributed by atoms with Gasteiger partial charge in [-0.15, -0.1) is 0 Å². The molecule has 0 aromatic heterocycles. The predicted octanol–water partition coefficient (Wildman–Crippen LogP) is 2.65. The highest BCUT2D eigenvalue weighted by Gasteiger charge is 2.24. The normalized spacial score (nSPS) is 16.5. The molecular formula is C21H26N2O4S. The number of morpholine rings is 1. The van der Waals surface area contributed by atoms with Crippen molar-refractivity contribution in [3.63, 3.8) is 0 Å². The van der Waals surface area contributed by atoms with Crippen molar-refractivity contribution in [3.05, 3.63) is 70.8 Å². The van der Waals surface area contributed by atoms with Crippen molar-refractivity contribution in [2.75, 3.05) is 26.3 Å². The maximum absolute atomic E-state index is 12.5. The highest BCUT2D eigenvalue weighted by atomic mass is 32.2. The van der Waals surface area contributed by atoms with Crippen molar-refractivity contribution in [1.82, 2.24) is 9.62 Å². The Balaban J connectivity index is 1.61. The van der Waals surface area contributed by atoms with E-state index < -0.39 is 10.0 Å². The first-order valence-corrected chi connectivity index (χ1v) is 11.0. The zero-order chi connectivity index (χ0) is 20.1. The zero-order valence-corrected chi connectivity index (χ0v) is 17.0. The van der Waals surface area contributed by atoms with Gasteiger partial charge in [0.15, 0.2) is 0 Å². The Morgan fingerprint density at radius 3 is 2.29 bits per heavy atom. The molecule has 6 nitrogen and oxygen atoms in total. The van der Waals surface area contributed by atoms with Crippen LogP contribution in [0.5, 0.6) is 0 Å². The largest absolute Gasteiger partial charge is 0.379 e. The van der Waals surface area contributed by atoms with Gasteiger partial charge in [0.25, 0.3) is 5.91 Å². The summed E-state index contributed by atoms with van der Waals surface area (Å²) >= 11 is 0. The Morgan fingerprint density at radius 2 is 1.68 bits per heavy atom. The number of nitrogens with one attached hydrogen (secondary N) is 1. The number of aryl methyl sites for hydroxylation is 1. The summed E-state index contributed by atoms with van der Waals surface area (Å²) in [6.07, 6.45) is 0. The summed E-state index contributed by atoms with van der Waals surface area (Å²) in [5.41, 5.74) is 3.37. The first-order valence-electron chi connectivity index (χ1n) is 9.37. The minimum absolute atomic E-state index is 0.0747. The molecular weight excluding hydrogens is 376 g/mol. The van der Waals surface area contributed by atoms with E-state index in [1.165, 1.54) is 9.87 Å². The van der Waals surface area contributed by atoms with Gasteiger partial charge in [-0.25, -0.2) is 8.42 Å². The van der Waals surface area contributed by atoms with Crippen molar-refractivity contribution in [3.8, 4) is 0 Å². The Bertz CT molecular complexity index is 902. The number of ether oxygens (including phenoxy) is 1. The third kappa shape index (κ3) is 5.19. The van der Waals surface area contributed by atoms with Crippen LogP contribution in [0.2, 0.25) is 0 Å². The van der Waals surface area contributed by atoms with Gasteiger partial charge in [0.05, 0.1) is 25.0 Å². The van der Waals surface area contributed by atoms with Gasteiger partial charge in [0, 0.05) is 18.7 Å². The lowest BCUT2D eigenvalue weighted by Crippen LogP contribution is -2.41.